The number of nitrogens with one attached hydrogen (secondary N) is 1. The largest absolute Gasteiger partial charge is 0.306 e. The summed E-state index contributed by atoms with van der Waals surface area (Å²) in [6.07, 6.45) is 0.586. The van der Waals surface area contributed by atoms with Gasteiger partial charge in [-0.05, 0) is 18.1 Å². The smallest absolute Gasteiger partial charge is 0.273 e. The fourth-order valence-corrected chi connectivity index (χ4v) is 3.36. The Hall–Kier alpha value is -3.74. The maximum atomic E-state index is 12.9. The number of amides is 2. The van der Waals surface area contributed by atoms with E-state index in [9.17, 15) is 9.59 Å². The quantitative estimate of drug-likeness (QED) is 0.688. The molecule has 7 nitrogen and oxygen atoms in total. The molecule has 4 rings (SSSR count). The summed E-state index contributed by atoms with van der Waals surface area (Å²) in [4.78, 5) is 25.1. The molecular weight excluding hydrogens is 378 g/mol. The van der Waals surface area contributed by atoms with Gasteiger partial charge in [-0.3, -0.25) is 9.59 Å². The minimum atomic E-state index is -0.310. The Morgan fingerprint density at radius 2 is 1.60 bits per heavy atom. The molecule has 1 aliphatic rings. The number of rotatable bonds is 6. The molecule has 0 aliphatic carbocycles. The minimum Gasteiger partial charge on any atom is -0.306 e. The highest BCUT2D eigenvalue weighted by Crippen LogP contribution is 2.17. The Morgan fingerprint density at radius 3 is 2.27 bits per heavy atom. The van der Waals surface area contributed by atoms with Gasteiger partial charge in [0.25, 0.3) is 5.91 Å². The van der Waals surface area contributed by atoms with Crippen LogP contribution in [0.25, 0.3) is 0 Å². The van der Waals surface area contributed by atoms with Crippen molar-refractivity contribution in [2.45, 2.75) is 32.9 Å². The van der Waals surface area contributed by atoms with Crippen LogP contribution in [-0.2, 0) is 22.7 Å². The lowest BCUT2D eigenvalue weighted by molar-refractivity contribution is -0.132. The molecule has 30 heavy (non-hydrogen) atoms. The molecule has 3 aromatic rings. The van der Waals surface area contributed by atoms with Crippen LogP contribution in [0.15, 0.2) is 71.8 Å². The van der Waals surface area contributed by atoms with Crippen LogP contribution in [0.3, 0.4) is 0 Å². The molecule has 1 N–H and O–H groups in total. The number of benzene rings is 2. The van der Waals surface area contributed by atoms with Gasteiger partial charge in [-0.25, -0.2) is 9.69 Å². The average molecular weight is 401 g/mol. The Kier molecular flexibility index (Phi) is 5.70. The van der Waals surface area contributed by atoms with Gasteiger partial charge in [0.05, 0.1) is 18.8 Å². The van der Waals surface area contributed by atoms with Crippen LogP contribution in [0.1, 0.15) is 29.7 Å². The van der Waals surface area contributed by atoms with Gasteiger partial charge in [-0.2, -0.15) is 10.2 Å². The van der Waals surface area contributed by atoms with E-state index in [2.05, 4.69) is 15.5 Å². The number of carbonyl (C=O) groups is 2. The lowest BCUT2D eigenvalue weighted by Gasteiger charge is -2.23. The molecule has 7 heteroatoms. The van der Waals surface area contributed by atoms with Crippen molar-refractivity contribution in [3.63, 3.8) is 0 Å². The second kappa shape index (κ2) is 8.73. The van der Waals surface area contributed by atoms with Crippen LogP contribution < -0.4 is 5.32 Å². The predicted molar refractivity (Wildman–Crippen MR) is 115 cm³/mol. The second-order valence-corrected chi connectivity index (χ2v) is 7.25. The molecule has 2 amide bonds. The number of nitrogens with zero attached hydrogens (tertiary/aromatic N) is 4. The first-order valence-electron chi connectivity index (χ1n) is 9.90. The first kappa shape index (κ1) is 19.6. The summed E-state index contributed by atoms with van der Waals surface area (Å²) in [7, 11) is 0. The maximum absolute atomic E-state index is 12.9. The van der Waals surface area contributed by atoms with Crippen molar-refractivity contribution in [1.29, 1.82) is 0 Å². The first-order chi connectivity index (χ1) is 14.6. The molecule has 0 atom stereocenters. The predicted octanol–water partition coefficient (Wildman–Crippen LogP) is 3.36. The first-order valence-corrected chi connectivity index (χ1v) is 9.90. The third-order valence-corrected chi connectivity index (χ3v) is 4.86. The summed E-state index contributed by atoms with van der Waals surface area (Å²) in [5.41, 5.74) is 3.21. The van der Waals surface area contributed by atoms with Crippen molar-refractivity contribution in [3.05, 3.63) is 83.6 Å². The molecule has 1 aliphatic heterocycles. The number of aromatic nitrogens is 2. The van der Waals surface area contributed by atoms with E-state index in [1.165, 1.54) is 5.01 Å². The monoisotopic (exact) mass is 401 g/mol. The zero-order valence-electron chi connectivity index (χ0n) is 16.8. The van der Waals surface area contributed by atoms with E-state index in [4.69, 9.17) is 0 Å². The maximum Gasteiger partial charge on any atom is 0.273 e. The third-order valence-electron chi connectivity index (χ3n) is 4.86. The third kappa shape index (κ3) is 4.63. The number of hydrazone groups is 1. The topological polar surface area (TPSA) is 79.6 Å². The zero-order chi connectivity index (χ0) is 20.9. The number of aryl methyl sites for hydroxylation is 1. The van der Waals surface area contributed by atoms with Crippen LogP contribution in [0.5, 0.6) is 0 Å². The Balaban J connectivity index is 1.49. The van der Waals surface area contributed by atoms with E-state index in [0.29, 0.717) is 31.0 Å². The van der Waals surface area contributed by atoms with Gasteiger partial charge in [0.2, 0.25) is 5.91 Å². The average Bonchev–Trinajstić information content (AvgIpc) is 3.09. The molecule has 0 bridgehead atoms. The summed E-state index contributed by atoms with van der Waals surface area (Å²) in [6.45, 7) is 2.78. The highest BCUT2D eigenvalue weighted by molar-refractivity contribution is 6.43. The van der Waals surface area contributed by atoms with Gasteiger partial charge in [0.15, 0.2) is 0 Å². The Bertz CT molecular complexity index is 1070. The summed E-state index contributed by atoms with van der Waals surface area (Å²) in [5, 5.41) is 13.1. The number of anilines is 1. The summed E-state index contributed by atoms with van der Waals surface area (Å²) >= 11 is 0. The van der Waals surface area contributed by atoms with E-state index in [0.717, 1.165) is 16.8 Å². The van der Waals surface area contributed by atoms with Crippen LogP contribution in [0.4, 0.5) is 5.82 Å². The summed E-state index contributed by atoms with van der Waals surface area (Å²) in [6, 6.07) is 21.4. The Labute approximate surface area is 175 Å². The van der Waals surface area contributed by atoms with E-state index < -0.39 is 0 Å². The number of hydrogen-bond donors (Lipinski definition) is 1. The van der Waals surface area contributed by atoms with Gasteiger partial charge >= 0.3 is 0 Å². The molecule has 0 radical (unpaired) electrons. The molecule has 2 heterocycles. The van der Waals surface area contributed by atoms with Crippen LogP contribution in [-0.4, -0.2) is 32.3 Å². The van der Waals surface area contributed by atoms with Crippen molar-refractivity contribution < 1.29 is 9.59 Å². The van der Waals surface area contributed by atoms with Gasteiger partial charge in [-0.15, -0.1) is 0 Å². The molecule has 0 saturated carbocycles. The highest BCUT2D eigenvalue weighted by Gasteiger charge is 2.25. The van der Waals surface area contributed by atoms with Crippen LogP contribution in [0.2, 0.25) is 0 Å². The normalized spacial score (nSPS) is 13.8. The molecule has 0 fully saturated rings. The SMILES string of the molecule is Cc1cc(NC(=O)C2=NN(Cc3ccccc3)C(=O)CC2)n(Cc2ccccc2)n1. The Morgan fingerprint density at radius 1 is 0.967 bits per heavy atom. The lowest BCUT2D eigenvalue weighted by Crippen LogP contribution is -2.36. The number of hydrogen-bond acceptors (Lipinski definition) is 4. The van der Waals surface area contributed by atoms with Crippen molar-refractivity contribution in [1.82, 2.24) is 14.8 Å². The standard InChI is InChI=1S/C23H23N5O2/c1-17-14-21(27(25-17)15-18-8-4-2-5-9-18)24-23(30)20-12-13-22(29)28(26-20)16-19-10-6-3-7-11-19/h2-11,14H,12-13,15-16H2,1H3,(H,24,30). The van der Waals surface area contributed by atoms with Crippen molar-refractivity contribution in [3.8, 4) is 0 Å². The van der Waals surface area contributed by atoms with Crippen molar-refractivity contribution in [2.24, 2.45) is 5.10 Å². The van der Waals surface area contributed by atoms with Gasteiger partial charge in [0, 0.05) is 18.9 Å². The van der Waals surface area contributed by atoms with Gasteiger partial charge < -0.3 is 5.32 Å². The fourth-order valence-electron chi connectivity index (χ4n) is 3.36. The number of carbonyl (C=O) groups excluding carboxylic acids is 2. The molecule has 1 aromatic heterocycles. The molecule has 0 unspecified atom stereocenters. The van der Waals surface area contributed by atoms with Gasteiger partial charge in [0.1, 0.15) is 11.5 Å². The summed E-state index contributed by atoms with van der Waals surface area (Å²) in [5.74, 6) is 0.214. The van der Waals surface area contributed by atoms with Crippen molar-refractivity contribution >= 4 is 23.3 Å². The molecule has 0 spiro atoms. The van der Waals surface area contributed by atoms with E-state index in [-0.39, 0.29) is 18.2 Å². The van der Waals surface area contributed by atoms with Crippen molar-refractivity contribution in [2.75, 3.05) is 5.32 Å². The molecule has 152 valence electrons. The van der Waals surface area contributed by atoms with Gasteiger partial charge in [-0.1, -0.05) is 60.7 Å². The second-order valence-electron chi connectivity index (χ2n) is 7.25. The fraction of sp³-hybridized carbons (Fsp3) is 0.217. The van der Waals surface area contributed by atoms with Crippen LogP contribution >= 0.6 is 0 Å². The summed E-state index contributed by atoms with van der Waals surface area (Å²) < 4.78 is 1.76. The highest BCUT2D eigenvalue weighted by atomic mass is 16.2. The molecule has 2 aromatic carbocycles. The lowest BCUT2D eigenvalue weighted by atomic mass is 10.1. The zero-order valence-corrected chi connectivity index (χ0v) is 16.8. The molecule has 0 saturated heterocycles. The van der Waals surface area contributed by atoms with E-state index in [1.54, 1.807) is 4.68 Å². The molecular formula is C23H23N5O2. The van der Waals surface area contributed by atoms with Crippen LogP contribution in [0, 0.1) is 6.92 Å². The van der Waals surface area contributed by atoms with E-state index >= 15 is 0 Å². The van der Waals surface area contributed by atoms with E-state index in [1.807, 2.05) is 73.7 Å². The minimum absolute atomic E-state index is 0.0830.